The van der Waals surface area contributed by atoms with E-state index in [1.54, 1.807) is 0 Å². The summed E-state index contributed by atoms with van der Waals surface area (Å²) in [5, 5.41) is 3.18. The minimum atomic E-state index is 0.0162. The van der Waals surface area contributed by atoms with E-state index in [9.17, 15) is 4.79 Å². The molecule has 0 spiro atoms. The van der Waals surface area contributed by atoms with Gasteiger partial charge in [0.1, 0.15) is 0 Å². The fourth-order valence-corrected chi connectivity index (χ4v) is 3.67. The maximum Gasteiger partial charge on any atom is 0.251 e. The van der Waals surface area contributed by atoms with Crippen molar-refractivity contribution in [2.75, 3.05) is 25.5 Å². The van der Waals surface area contributed by atoms with Gasteiger partial charge in [-0.2, -0.15) is 0 Å². The van der Waals surface area contributed by atoms with E-state index >= 15 is 0 Å². The van der Waals surface area contributed by atoms with Gasteiger partial charge in [-0.25, -0.2) is 0 Å². The van der Waals surface area contributed by atoms with Crippen LogP contribution in [0.5, 0.6) is 0 Å². The first-order chi connectivity index (χ1) is 11.6. The van der Waals surface area contributed by atoms with Crippen molar-refractivity contribution in [2.45, 2.75) is 31.1 Å². The Balaban J connectivity index is 1.70. The average molecular weight is 322 g/mol. The number of carbonyl (C=O) groups is 1. The number of benzene rings is 2. The quantitative estimate of drug-likeness (QED) is 0.902. The maximum atomic E-state index is 12.5. The zero-order valence-corrected chi connectivity index (χ0v) is 14.6. The Morgan fingerprint density at radius 2 is 1.62 bits per heavy atom. The third kappa shape index (κ3) is 3.45. The Labute approximate surface area is 144 Å². The summed E-state index contributed by atoms with van der Waals surface area (Å²) in [6.07, 6.45) is 4.78. The highest BCUT2D eigenvalue weighted by Crippen LogP contribution is 2.40. The van der Waals surface area contributed by atoms with Gasteiger partial charge in [0.15, 0.2) is 0 Å². The predicted molar refractivity (Wildman–Crippen MR) is 99.7 cm³/mol. The lowest BCUT2D eigenvalue weighted by Crippen LogP contribution is -2.39. The molecular weight excluding hydrogens is 296 g/mol. The molecule has 0 atom stereocenters. The summed E-state index contributed by atoms with van der Waals surface area (Å²) in [5.74, 6) is 0.0162. The van der Waals surface area contributed by atoms with Crippen LogP contribution in [0.25, 0.3) is 0 Å². The van der Waals surface area contributed by atoms with Gasteiger partial charge in [0.05, 0.1) is 0 Å². The van der Waals surface area contributed by atoms with Crippen molar-refractivity contribution < 1.29 is 4.79 Å². The average Bonchev–Trinajstić information content (AvgIpc) is 3.11. The minimum Gasteiger partial charge on any atom is -0.378 e. The van der Waals surface area contributed by atoms with Gasteiger partial charge in [-0.15, -0.1) is 0 Å². The van der Waals surface area contributed by atoms with Crippen LogP contribution in [0.1, 0.15) is 41.6 Å². The fourth-order valence-electron chi connectivity index (χ4n) is 3.67. The fraction of sp³-hybridized carbons (Fsp3) is 0.381. The number of amides is 1. The van der Waals surface area contributed by atoms with Gasteiger partial charge in [0.25, 0.3) is 5.91 Å². The highest BCUT2D eigenvalue weighted by Gasteiger charge is 2.35. The SMILES string of the molecule is CN(C)c1ccc(C(=O)NCC2(c3ccccc3)CCCC2)cc1. The molecule has 2 aromatic rings. The number of rotatable bonds is 5. The number of hydrogen-bond acceptors (Lipinski definition) is 2. The molecule has 1 aliphatic rings. The lowest BCUT2D eigenvalue weighted by molar-refractivity contribution is 0.0943. The molecule has 1 amide bonds. The van der Waals surface area contributed by atoms with Crippen LogP contribution in [-0.4, -0.2) is 26.5 Å². The molecule has 0 saturated heterocycles. The Kier molecular flexibility index (Phi) is 4.89. The van der Waals surface area contributed by atoms with Crippen LogP contribution in [-0.2, 0) is 5.41 Å². The standard InChI is InChI=1S/C21H26N2O/c1-23(2)19-12-10-17(11-13-19)20(24)22-16-21(14-6-7-15-21)18-8-4-3-5-9-18/h3-5,8-13H,6-7,14-16H2,1-2H3,(H,22,24). The van der Waals surface area contributed by atoms with Crippen molar-refractivity contribution in [1.82, 2.24) is 5.32 Å². The molecule has 0 aromatic heterocycles. The number of anilines is 1. The van der Waals surface area contributed by atoms with Gasteiger partial charge in [0, 0.05) is 37.3 Å². The van der Waals surface area contributed by atoms with Crippen LogP contribution in [0.4, 0.5) is 5.69 Å². The van der Waals surface area contributed by atoms with E-state index in [2.05, 4.69) is 35.6 Å². The highest BCUT2D eigenvalue weighted by atomic mass is 16.1. The van der Waals surface area contributed by atoms with Crippen molar-refractivity contribution in [1.29, 1.82) is 0 Å². The summed E-state index contributed by atoms with van der Waals surface area (Å²) in [7, 11) is 4.00. The van der Waals surface area contributed by atoms with Crippen molar-refractivity contribution in [3.8, 4) is 0 Å². The molecule has 0 heterocycles. The van der Waals surface area contributed by atoms with Crippen molar-refractivity contribution in [2.24, 2.45) is 0 Å². The lowest BCUT2D eigenvalue weighted by atomic mass is 9.79. The number of nitrogens with zero attached hydrogens (tertiary/aromatic N) is 1. The van der Waals surface area contributed by atoms with Crippen LogP contribution in [0.2, 0.25) is 0 Å². The van der Waals surface area contributed by atoms with Crippen LogP contribution in [0, 0.1) is 0 Å². The van der Waals surface area contributed by atoms with Gasteiger partial charge in [-0.1, -0.05) is 43.2 Å². The third-order valence-electron chi connectivity index (χ3n) is 5.18. The Hall–Kier alpha value is -2.29. The molecule has 0 unspecified atom stereocenters. The van der Waals surface area contributed by atoms with Gasteiger partial charge in [-0.3, -0.25) is 4.79 Å². The van der Waals surface area contributed by atoms with E-state index in [4.69, 9.17) is 0 Å². The van der Waals surface area contributed by atoms with E-state index in [1.807, 2.05) is 43.3 Å². The molecule has 0 aliphatic heterocycles. The van der Waals surface area contributed by atoms with E-state index in [0.29, 0.717) is 6.54 Å². The number of carbonyl (C=O) groups excluding carboxylic acids is 1. The second kappa shape index (κ2) is 7.08. The maximum absolute atomic E-state index is 12.5. The van der Waals surface area contributed by atoms with Crippen LogP contribution in [0.15, 0.2) is 54.6 Å². The topological polar surface area (TPSA) is 32.3 Å². The molecule has 0 radical (unpaired) electrons. The summed E-state index contributed by atoms with van der Waals surface area (Å²) >= 11 is 0. The highest BCUT2D eigenvalue weighted by molar-refractivity contribution is 5.94. The van der Waals surface area contributed by atoms with E-state index in [1.165, 1.54) is 18.4 Å². The van der Waals surface area contributed by atoms with Crippen LogP contribution in [0.3, 0.4) is 0 Å². The Bertz CT molecular complexity index is 671. The van der Waals surface area contributed by atoms with E-state index in [-0.39, 0.29) is 11.3 Å². The van der Waals surface area contributed by atoms with Crippen LogP contribution >= 0.6 is 0 Å². The van der Waals surface area contributed by atoms with Gasteiger partial charge in [0.2, 0.25) is 0 Å². The van der Waals surface area contributed by atoms with Crippen molar-refractivity contribution in [3.05, 3.63) is 65.7 Å². The first kappa shape index (κ1) is 16.6. The first-order valence-electron chi connectivity index (χ1n) is 8.72. The molecule has 126 valence electrons. The molecule has 3 heteroatoms. The lowest BCUT2D eigenvalue weighted by Gasteiger charge is -2.30. The summed E-state index contributed by atoms with van der Waals surface area (Å²) in [6, 6.07) is 18.4. The van der Waals surface area contributed by atoms with Crippen molar-refractivity contribution in [3.63, 3.8) is 0 Å². The monoisotopic (exact) mass is 322 g/mol. The third-order valence-corrected chi connectivity index (χ3v) is 5.18. The van der Waals surface area contributed by atoms with Gasteiger partial charge < -0.3 is 10.2 Å². The zero-order valence-electron chi connectivity index (χ0n) is 14.6. The summed E-state index contributed by atoms with van der Waals surface area (Å²) in [6.45, 7) is 0.714. The molecule has 2 aromatic carbocycles. The molecule has 0 bridgehead atoms. The second-order valence-corrected chi connectivity index (χ2v) is 6.98. The zero-order chi connectivity index (χ0) is 17.0. The summed E-state index contributed by atoms with van der Waals surface area (Å²) < 4.78 is 0. The van der Waals surface area contributed by atoms with Gasteiger partial charge >= 0.3 is 0 Å². The molecule has 1 N–H and O–H groups in total. The molecule has 3 nitrogen and oxygen atoms in total. The Morgan fingerprint density at radius 1 is 1.00 bits per heavy atom. The van der Waals surface area contributed by atoms with Crippen LogP contribution < -0.4 is 10.2 Å². The molecule has 1 saturated carbocycles. The van der Waals surface area contributed by atoms with E-state index < -0.39 is 0 Å². The van der Waals surface area contributed by atoms with Crippen molar-refractivity contribution >= 4 is 11.6 Å². The molecular formula is C21H26N2O. The number of nitrogens with one attached hydrogen (secondary N) is 1. The first-order valence-corrected chi connectivity index (χ1v) is 8.72. The normalized spacial score (nSPS) is 15.9. The molecule has 24 heavy (non-hydrogen) atoms. The molecule has 1 fully saturated rings. The van der Waals surface area contributed by atoms with Gasteiger partial charge in [-0.05, 0) is 42.7 Å². The summed E-state index contributed by atoms with van der Waals surface area (Å²) in [4.78, 5) is 14.6. The molecule has 3 rings (SSSR count). The van der Waals surface area contributed by atoms with E-state index in [0.717, 1.165) is 24.1 Å². The summed E-state index contributed by atoms with van der Waals surface area (Å²) in [5.41, 5.74) is 3.27. The second-order valence-electron chi connectivity index (χ2n) is 6.98. The predicted octanol–water partition coefficient (Wildman–Crippen LogP) is 3.99. The smallest absolute Gasteiger partial charge is 0.251 e. The Morgan fingerprint density at radius 3 is 2.21 bits per heavy atom. The largest absolute Gasteiger partial charge is 0.378 e. The number of hydrogen-bond donors (Lipinski definition) is 1. The minimum absolute atomic E-state index is 0.0162. The molecule has 1 aliphatic carbocycles.